The summed E-state index contributed by atoms with van der Waals surface area (Å²) in [7, 11) is 0. The highest BCUT2D eigenvalue weighted by molar-refractivity contribution is 7.99. The number of nitrogens with two attached hydrogens (primary N) is 2. The van der Waals surface area contributed by atoms with Gasteiger partial charge in [0.1, 0.15) is 24.2 Å². The third-order valence-electron chi connectivity index (χ3n) is 9.54. The number of aliphatic hydroxyl groups excluding tert-OH is 1. The third-order valence-corrected chi connectivity index (χ3v) is 10.5. The van der Waals surface area contributed by atoms with Gasteiger partial charge in [0.25, 0.3) is 0 Å². The van der Waals surface area contributed by atoms with E-state index in [-0.39, 0.29) is 57.2 Å². The Morgan fingerprint density at radius 1 is 0.676 bits per heavy atom. The summed E-state index contributed by atoms with van der Waals surface area (Å²) in [5.74, 6) is -4.64. The van der Waals surface area contributed by atoms with Gasteiger partial charge in [0, 0.05) is 31.0 Å². The van der Waals surface area contributed by atoms with Crippen LogP contribution >= 0.6 is 11.8 Å². The number of carbonyl (C=O) groups excluding carboxylic acids is 6. The number of thioether (sulfide) groups is 1. The van der Waals surface area contributed by atoms with Crippen LogP contribution in [0, 0.1) is 0 Å². The molecule has 2 rings (SSSR count). The topological polar surface area (TPSA) is 352 Å². The molecule has 1 aromatic rings. The van der Waals surface area contributed by atoms with E-state index < -0.39 is 72.6 Å². The van der Waals surface area contributed by atoms with Crippen molar-refractivity contribution in [1.82, 2.24) is 31.9 Å². The van der Waals surface area contributed by atoms with Gasteiger partial charge >= 0.3 is 5.97 Å². The zero-order valence-corrected chi connectivity index (χ0v) is 39.4. The molecule has 1 aliphatic heterocycles. The molecule has 6 amide bonds. The largest absolute Gasteiger partial charge is 0.480 e. The molecule has 1 aliphatic rings. The first-order chi connectivity index (χ1) is 32.9. The number of carboxylic acids is 1. The van der Waals surface area contributed by atoms with Crippen LogP contribution in [-0.4, -0.2) is 193 Å². The zero-order chi connectivity index (χ0) is 49.6. The summed E-state index contributed by atoms with van der Waals surface area (Å²) < 4.78 is 32.4. The molecular formula is C43H71N9O15S. The molecule has 0 saturated carbocycles. The number of benzene rings is 1. The molecule has 0 spiro atoms. The van der Waals surface area contributed by atoms with Crippen molar-refractivity contribution in [1.29, 1.82) is 0 Å². The lowest BCUT2D eigenvalue weighted by Gasteiger charge is -2.27. The van der Waals surface area contributed by atoms with E-state index >= 15 is 0 Å². The van der Waals surface area contributed by atoms with Crippen molar-refractivity contribution >= 4 is 59.1 Å². The highest BCUT2D eigenvalue weighted by Gasteiger charge is 2.33. The van der Waals surface area contributed by atoms with Crippen molar-refractivity contribution in [3.8, 4) is 0 Å². The van der Waals surface area contributed by atoms with E-state index in [9.17, 15) is 38.7 Å². The number of nitrogens with one attached hydrogen (secondary N) is 6. The van der Waals surface area contributed by atoms with Gasteiger partial charge in [-0.2, -0.15) is 11.8 Å². The Morgan fingerprint density at radius 2 is 1.24 bits per heavy atom. The van der Waals surface area contributed by atoms with E-state index in [1.807, 2.05) is 0 Å². The first-order valence-corrected chi connectivity index (χ1v) is 23.8. The number of hydrogen-bond acceptors (Lipinski definition) is 16. The van der Waals surface area contributed by atoms with Gasteiger partial charge < -0.3 is 82.0 Å². The molecule has 12 N–H and O–H groups in total. The maximum absolute atomic E-state index is 14.0. The van der Waals surface area contributed by atoms with Crippen LogP contribution in [0.4, 0.5) is 0 Å². The van der Waals surface area contributed by atoms with Gasteiger partial charge in [0.2, 0.25) is 35.4 Å². The van der Waals surface area contributed by atoms with Crippen molar-refractivity contribution in [2.75, 3.05) is 117 Å². The Morgan fingerprint density at radius 3 is 1.82 bits per heavy atom. The highest BCUT2D eigenvalue weighted by Crippen LogP contribution is 2.16. The van der Waals surface area contributed by atoms with Gasteiger partial charge in [-0.05, 0) is 37.7 Å². The molecule has 1 aromatic carbocycles. The van der Waals surface area contributed by atoms with Gasteiger partial charge in [-0.25, -0.2) is 4.79 Å². The van der Waals surface area contributed by atoms with Crippen molar-refractivity contribution < 1.29 is 72.2 Å². The summed E-state index contributed by atoms with van der Waals surface area (Å²) in [6.07, 6.45) is 0.673. The molecule has 1 saturated heterocycles. The lowest BCUT2D eigenvalue weighted by Crippen LogP contribution is -2.57. The summed E-state index contributed by atoms with van der Waals surface area (Å²) in [4.78, 5) is 95.3. The summed E-state index contributed by atoms with van der Waals surface area (Å²) in [5, 5.41) is 33.8. The fraction of sp³-hybridized carbons (Fsp3) is 0.674. The predicted octanol–water partition coefficient (Wildman–Crippen LogP) is -2.54. The van der Waals surface area contributed by atoms with Crippen molar-refractivity contribution in [3.05, 3.63) is 35.9 Å². The number of guanidine groups is 1. The average Bonchev–Trinajstić information content (AvgIpc) is 3.31. The SMILES string of the molecule is NC(N)=NCCC[C@@H]1NC(=O)CNC(=O)C[C@@H](C(=O)O)NC(=O)[C@@H](c2ccccc2)NC(=O)[C@@H](CCCCNC(=O)CCSCCOCCOCCOCCOCCOCCOCCO)NC1=O. The number of ether oxygens (including phenoxy) is 6. The zero-order valence-electron chi connectivity index (χ0n) is 38.6. The monoisotopic (exact) mass is 985 g/mol. The van der Waals surface area contributed by atoms with Crippen LogP contribution < -0.4 is 43.4 Å². The minimum Gasteiger partial charge on any atom is -0.480 e. The van der Waals surface area contributed by atoms with E-state index in [4.69, 9.17) is 45.0 Å². The first kappa shape index (κ1) is 59.0. The Kier molecular flexibility index (Phi) is 32.8. The van der Waals surface area contributed by atoms with E-state index in [1.165, 1.54) is 0 Å². The number of carbonyl (C=O) groups is 7. The number of hydrogen-bond donors (Lipinski definition) is 10. The minimum atomic E-state index is -1.71. The van der Waals surface area contributed by atoms with Gasteiger partial charge in [-0.1, -0.05) is 30.3 Å². The molecule has 0 aliphatic carbocycles. The molecule has 25 heteroatoms. The van der Waals surface area contributed by atoms with Crippen LogP contribution in [0.25, 0.3) is 0 Å². The van der Waals surface area contributed by atoms with Gasteiger partial charge in [-0.3, -0.25) is 33.8 Å². The molecule has 0 bridgehead atoms. The normalized spacial score (nSPS) is 18.4. The summed E-state index contributed by atoms with van der Waals surface area (Å²) in [6, 6.07) is 2.46. The van der Waals surface area contributed by atoms with E-state index in [0.29, 0.717) is 109 Å². The number of unbranched alkanes of at least 4 members (excludes halogenated alkanes) is 1. The molecule has 68 heavy (non-hydrogen) atoms. The summed E-state index contributed by atoms with van der Waals surface area (Å²) in [6.45, 7) is 4.98. The highest BCUT2D eigenvalue weighted by atomic mass is 32.2. The Hall–Kier alpha value is -5.15. The Bertz CT molecular complexity index is 1660. The molecule has 1 heterocycles. The second-order valence-electron chi connectivity index (χ2n) is 15.0. The number of aliphatic hydroxyl groups is 1. The number of nitrogens with zero attached hydrogens (tertiary/aromatic N) is 1. The van der Waals surface area contributed by atoms with Gasteiger partial charge in [0.05, 0.1) is 98.9 Å². The number of aliphatic imine (C=N–C) groups is 1. The van der Waals surface area contributed by atoms with E-state index in [2.05, 4.69) is 36.9 Å². The lowest BCUT2D eigenvalue weighted by atomic mass is 10.0. The molecule has 4 atom stereocenters. The fourth-order valence-corrected chi connectivity index (χ4v) is 6.85. The summed E-state index contributed by atoms with van der Waals surface area (Å²) >= 11 is 1.57. The molecule has 0 aromatic heterocycles. The van der Waals surface area contributed by atoms with Crippen molar-refractivity contribution in [3.63, 3.8) is 0 Å². The predicted molar refractivity (Wildman–Crippen MR) is 249 cm³/mol. The maximum atomic E-state index is 14.0. The molecule has 0 unspecified atom stereocenters. The average molecular weight is 986 g/mol. The standard InChI is InChI=1S/C43H71N9O15S/c44-43(45)47-13-6-10-32-39(57)50-33(40(58)52-38(31-7-2-1-3-8-31)41(59)51-34(42(60)61)29-36(55)48-30-37(56)49-32)9-4-5-12-46-35(54)11-27-68-28-26-67-25-24-66-23-22-65-21-20-64-19-18-63-17-16-62-15-14-53/h1-3,7-8,32-34,38,53H,4-6,9-30H2,(H,46,54)(H,48,55)(H,49,56)(H,50,57)(H,51,59)(H,52,58)(H,60,61)(H4,44,45,47)/t32-,33+,34-,38+/m0/s1. The molecular weight excluding hydrogens is 915 g/mol. The van der Waals surface area contributed by atoms with Crippen LogP contribution in [0.2, 0.25) is 0 Å². The van der Waals surface area contributed by atoms with Crippen LogP contribution in [0.1, 0.15) is 56.6 Å². The van der Waals surface area contributed by atoms with Crippen LogP contribution in [0.5, 0.6) is 0 Å². The fourth-order valence-electron chi connectivity index (χ4n) is 6.08. The van der Waals surface area contributed by atoms with Crippen LogP contribution in [0.15, 0.2) is 35.3 Å². The third kappa shape index (κ3) is 28.9. The minimum absolute atomic E-state index is 0.00882. The first-order valence-electron chi connectivity index (χ1n) is 22.6. The number of rotatable bonds is 34. The smallest absolute Gasteiger partial charge is 0.326 e. The molecule has 0 radical (unpaired) electrons. The van der Waals surface area contributed by atoms with Crippen molar-refractivity contribution in [2.45, 2.75) is 69.1 Å². The van der Waals surface area contributed by atoms with E-state index in [1.54, 1.807) is 42.1 Å². The number of carboxylic acid groups (broad SMARTS) is 1. The van der Waals surface area contributed by atoms with Crippen molar-refractivity contribution in [2.24, 2.45) is 16.5 Å². The second-order valence-corrected chi connectivity index (χ2v) is 16.2. The van der Waals surface area contributed by atoms with E-state index in [0.717, 1.165) is 0 Å². The molecule has 24 nitrogen and oxygen atoms in total. The Labute approximate surface area is 400 Å². The van der Waals surface area contributed by atoms with Gasteiger partial charge in [-0.15, -0.1) is 0 Å². The lowest BCUT2D eigenvalue weighted by molar-refractivity contribution is -0.144. The second kappa shape index (κ2) is 37.8. The maximum Gasteiger partial charge on any atom is 0.326 e. The number of aliphatic carboxylic acids is 1. The molecule has 384 valence electrons. The van der Waals surface area contributed by atoms with Crippen LogP contribution in [0.3, 0.4) is 0 Å². The number of amides is 6. The molecule has 1 fully saturated rings. The van der Waals surface area contributed by atoms with Crippen LogP contribution in [-0.2, 0) is 62.0 Å². The summed E-state index contributed by atoms with van der Waals surface area (Å²) in [5.41, 5.74) is 11.1. The quantitative estimate of drug-likeness (QED) is 0.0193. The Balaban J connectivity index is 1.81. The van der Waals surface area contributed by atoms with Gasteiger partial charge in [0.15, 0.2) is 5.96 Å².